The maximum atomic E-state index is 12.1. The first-order valence-electron chi connectivity index (χ1n) is 6.63. The summed E-state index contributed by atoms with van der Waals surface area (Å²) in [5, 5.41) is 11.6. The first-order valence-corrected chi connectivity index (χ1v) is 8.24. The standard InChI is InChI=1S/C12H18N4O5S/c1-12(3-6-22(20,21)15(12)2)8-14-10-11(19)16(5-4-13-10)7-9(17)18/h4-5H,3,6-8H2,1-2H3,(H,13,14)(H,17,18). The third kappa shape index (κ3) is 3.12. The molecule has 1 unspecified atom stereocenters. The van der Waals surface area contributed by atoms with Crippen molar-refractivity contribution in [2.24, 2.45) is 0 Å². The van der Waals surface area contributed by atoms with Crippen LogP contribution in [0.5, 0.6) is 0 Å². The zero-order chi connectivity index (χ0) is 16.5. The number of hydrogen-bond donors (Lipinski definition) is 2. The molecule has 2 N–H and O–H groups in total. The van der Waals surface area contributed by atoms with E-state index in [1.54, 1.807) is 6.92 Å². The summed E-state index contributed by atoms with van der Waals surface area (Å²) in [6.45, 7) is 1.53. The number of likely N-dealkylation sites (N-methyl/N-ethyl adjacent to an activating group) is 1. The minimum atomic E-state index is -3.26. The molecule has 1 aliphatic heterocycles. The highest BCUT2D eigenvalue weighted by molar-refractivity contribution is 7.89. The van der Waals surface area contributed by atoms with Crippen LogP contribution in [0, 0.1) is 0 Å². The van der Waals surface area contributed by atoms with E-state index in [1.165, 1.54) is 23.7 Å². The summed E-state index contributed by atoms with van der Waals surface area (Å²) in [5.74, 6) is -1.07. The lowest BCUT2D eigenvalue weighted by molar-refractivity contribution is -0.137. The number of anilines is 1. The second kappa shape index (κ2) is 5.69. The van der Waals surface area contributed by atoms with Gasteiger partial charge in [-0.1, -0.05) is 0 Å². The van der Waals surface area contributed by atoms with E-state index in [2.05, 4.69) is 10.3 Å². The van der Waals surface area contributed by atoms with Crippen molar-refractivity contribution < 1.29 is 18.3 Å². The average molecular weight is 330 g/mol. The van der Waals surface area contributed by atoms with E-state index >= 15 is 0 Å². The van der Waals surface area contributed by atoms with Crippen LogP contribution < -0.4 is 10.9 Å². The Bertz CT molecular complexity index is 744. The number of nitrogens with one attached hydrogen (secondary N) is 1. The summed E-state index contributed by atoms with van der Waals surface area (Å²) in [4.78, 5) is 26.7. The average Bonchev–Trinajstić information content (AvgIpc) is 2.64. The number of aromatic nitrogens is 2. The lowest BCUT2D eigenvalue weighted by Crippen LogP contribution is -2.46. The van der Waals surface area contributed by atoms with Crippen molar-refractivity contribution in [3.8, 4) is 0 Å². The first kappa shape index (κ1) is 16.4. The summed E-state index contributed by atoms with van der Waals surface area (Å²) in [7, 11) is -1.75. The molecule has 9 nitrogen and oxygen atoms in total. The summed E-state index contributed by atoms with van der Waals surface area (Å²) in [6, 6.07) is 0. The van der Waals surface area contributed by atoms with Gasteiger partial charge in [0.25, 0.3) is 5.56 Å². The normalized spacial score (nSPS) is 24.3. The Kier molecular flexibility index (Phi) is 4.25. The first-order chi connectivity index (χ1) is 10.2. The molecule has 1 fully saturated rings. The third-order valence-electron chi connectivity index (χ3n) is 3.93. The Morgan fingerprint density at radius 3 is 2.77 bits per heavy atom. The molecule has 0 bridgehead atoms. The van der Waals surface area contributed by atoms with Crippen molar-refractivity contribution in [1.29, 1.82) is 0 Å². The van der Waals surface area contributed by atoms with E-state index in [0.29, 0.717) is 6.42 Å². The Morgan fingerprint density at radius 2 is 2.23 bits per heavy atom. The Hall–Kier alpha value is -1.94. The van der Waals surface area contributed by atoms with Crippen LogP contribution in [0.4, 0.5) is 5.82 Å². The fourth-order valence-electron chi connectivity index (χ4n) is 2.29. The van der Waals surface area contributed by atoms with E-state index in [9.17, 15) is 18.0 Å². The molecule has 10 heteroatoms. The molecule has 22 heavy (non-hydrogen) atoms. The van der Waals surface area contributed by atoms with Gasteiger partial charge in [0.2, 0.25) is 10.0 Å². The molecule has 0 saturated carbocycles. The van der Waals surface area contributed by atoms with Crippen molar-refractivity contribution in [3.63, 3.8) is 0 Å². The topological polar surface area (TPSA) is 122 Å². The molecule has 1 aliphatic rings. The van der Waals surface area contributed by atoms with Gasteiger partial charge in [-0.25, -0.2) is 13.4 Å². The smallest absolute Gasteiger partial charge is 0.323 e. The number of aliphatic carboxylic acids is 1. The van der Waals surface area contributed by atoms with Crippen LogP contribution in [0.2, 0.25) is 0 Å². The van der Waals surface area contributed by atoms with Gasteiger partial charge in [-0.05, 0) is 13.3 Å². The van der Waals surface area contributed by atoms with E-state index < -0.39 is 33.6 Å². The number of sulfonamides is 1. The molecule has 1 saturated heterocycles. The third-order valence-corrected chi connectivity index (χ3v) is 5.93. The van der Waals surface area contributed by atoms with Gasteiger partial charge < -0.3 is 10.4 Å². The number of hydrogen-bond acceptors (Lipinski definition) is 6. The molecule has 0 radical (unpaired) electrons. The number of nitrogens with zero attached hydrogens (tertiary/aromatic N) is 3. The molecule has 1 aromatic rings. The molecule has 122 valence electrons. The number of carboxylic acids is 1. The Labute approximate surface area is 127 Å². The fraction of sp³-hybridized carbons (Fsp3) is 0.583. The van der Waals surface area contributed by atoms with Gasteiger partial charge in [0.05, 0.1) is 11.3 Å². The summed E-state index contributed by atoms with van der Waals surface area (Å²) in [5.41, 5.74) is -1.21. The maximum Gasteiger partial charge on any atom is 0.323 e. The molecule has 2 heterocycles. The van der Waals surface area contributed by atoms with Crippen molar-refractivity contribution >= 4 is 21.8 Å². The number of carboxylic acid groups (broad SMARTS) is 1. The quantitative estimate of drug-likeness (QED) is 0.722. The summed E-state index contributed by atoms with van der Waals surface area (Å²) >= 11 is 0. The molecule has 0 spiro atoms. The SMILES string of the molecule is CN1C(C)(CNc2nccn(CC(=O)O)c2=O)CCS1(=O)=O. The molecule has 1 atom stereocenters. The van der Waals surface area contributed by atoms with Gasteiger partial charge in [0, 0.05) is 26.0 Å². The van der Waals surface area contributed by atoms with Crippen LogP contribution in [-0.2, 0) is 21.4 Å². The van der Waals surface area contributed by atoms with Crippen LogP contribution in [0.25, 0.3) is 0 Å². The minimum Gasteiger partial charge on any atom is -0.480 e. The highest BCUT2D eigenvalue weighted by Gasteiger charge is 2.43. The van der Waals surface area contributed by atoms with Gasteiger partial charge in [0.1, 0.15) is 6.54 Å². The highest BCUT2D eigenvalue weighted by atomic mass is 32.2. The van der Waals surface area contributed by atoms with Crippen molar-refractivity contribution in [2.45, 2.75) is 25.4 Å². The summed E-state index contributed by atoms with van der Waals surface area (Å²) < 4.78 is 25.9. The second-order valence-corrected chi connectivity index (χ2v) is 7.61. The fourth-order valence-corrected chi connectivity index (χ4v) is 4.09. The predicted molar refractivity (Wildman–Crippen MR) is 79.2 cm³/mol. The molecular weight excluding hydrogens is 312 g/mol. The minimum absolute atomic E-state index is 0.00247. The molecule has 2 rings (SSSR count). The van der Waals surface area contributed by atoms with Crippen LogP contribution in [-0.4, -0.2) is 58.2 Å². The lowest BCUT2D eigenvalue weighted by Gasteiger charge is -2.30. The van der Waals surface area contributed by atoms with E-state index in [4.69, 9.17) is 5.11 Å². The van der Waals surface area contributed by atoms with E-state index in [1.807, 2.05) is 0 Å². The van der Waals surface area contributed by atoms with Crippen LogP contribution in [0.15, 0.2) is 17.2 Å². The maximum absolute atomic E-state index is 12.1. The van der Waals surface area contributed by atoms with Gasteiger partial charge in [-0.15, -0.1) is 0 Å². The highest BCUT2D eigenvalue weighted by Crippen LogP contribution is 2.29. The van der Waals surface area contributed by atoms with Crippen LogP contribution in [0.3, 0.4) is 0 Å². The van der Waals surface area contributed by atoms with Gasteiger partial charge in [0.15, 0.2) is 5.82 Å². The molecule has 1 aromatic heterocycles. The van der Waals surface area contributed by atoms with E-state index in [-0.39, 0.29) is 18.1 Å². The van der Waals surface area contributed by atoms with Crippen molar-refractivity contribution in [1.82, 2.24) is 13.9 Å². The predicted octanol–water partition coefficient (Wildman–Crippen LogP) is -0.836. The number of carbonyl (C=O) groups is 1. The molecule has 0 aliphatic carbocycles. The van der Waals surface area contributed by atoms with Gasteiger partial charge in [-0.3, -0.25) is 14.2 Å². The second-order valence-electron chi connectivity index (χ2n) is 5.49. The molecule has 0 amide bonds. The van der Waals surface area contributed by atoms with E-state index in [0.717, 1.165) is 4.57 Å². The number of rotatable bonds is 5. The van der Waals surface area contributed by atoms with Crippen LogP contribution in [0.1, 0.15) is 13.3 Å². The van der Waals surface area contributed by atoms with Gasteiger partial charge >= 0.3 is 5.97 Å². The zero-order valence-electron chi connectivity index (χ0n) is 12.3. The molecule has 0 aromatic carbocycles. The van der Waals surface area contributed by atoms with Gasteiger partial charge in [-0.2, -0.15) is 4.31 Å². The zero-order valence-corrected chi connectivity index (χ0v) is 13.1. The Morgan fingerprint density at radius 1 is 1.55 bits per heavy atom. The van der Waals surface area contributed by atoms with Crippen molar-refractivity contribution in [2.75, 3.05) is 24.7 Å². The Balaban J connectivity index is 2.16. The largest absolute Gasteiger partial charge is 0.480 e. The van der Waals surface area contributed by atoms with Crippen LogP contribution >= 0.6 is 0 Å². The monoisotopic (exact) mass is 330 g/mol. The van der Waals surface area contributed by atoms with Crippen molar-refractivity contribution in [3.05, 3.63) is 22.7 Å². The lowest BCUT2D eigenvalue weighted by atomic mass is 9.99. The molecular formula is C12H18N4O5S. The summed E-state index contributed by atoms with van der Waals surface area (Å²) in [6.07, 6.45) is 3.05.